The van der Waals surface area contributed by atoms with Gasteiger partial charge in [-0.3, -0.25) is 9.59 Å². The Morgan fingerprint density at radius 3 is 2.69 bits per heavy atom. The van der Waals surface area contributed by atoms with E-state index in [0.29, 0.717) is 6.54 Å². The number of aryl methyl sites for hydroxylation is 1. The minimum absolute atomic E-state index is 0.0148. The molecule has 0 atom stereocenters. The largest absolute Gasteiger partial charge is 0.350 e. The molecule has 0 fully saturated rings. The van der Waals surface area contributed by atoms with Crippen molar-refractivity contribution in [1.29, 1.82) is 0 Å². The second-order valence-electron chi connectivity index (χ2n) is 5.88. The summed E-state index contributed by atoms with van der Waals surface area (Å²) in [6, 6.07) is 12.2. The Hall–Kier alpha value is -2.80. The van der Waals surface area contributed by atoms with Gasteiger partial charge in [0, 0.05) is 12.8 Å². The minimum atomic E-state index is -0.496. The van der Waals surface area contributed by atoms with Crippen LogP contribution in [0.25, 0.3) is 10.2 Å². The molecule has 134 valence electrons. The van der Waals surface area contributed by atoms with E-state index in [1.807, 2.05) is 31.2 Å². The van der Waals surface area contributed by atoms with Crippen LogP contribution in [0.3, 0.4) is 0 Å². The number of carbonyl (C=O) groups excluding carboxylic acids is 2. The molecular formula is C19H18FN3O2S. The molecule has 1 aromatic heterocycles. The highest BCUT2D eigenvalue weighted by molar-refractivity contribution is 7.18. The first-order valence-electron chi connectivity index (χ1n) is 8.18. The zero-order valence-electron chi connectivity index (χ0n) is 14.2. The molecule has 5 nitrogen and oxygen atoms in total. The summed E-state index contributed by atoms with van der Waals surface area (Å²) in [6.45, 7) is 2.14. The third-order valence-electron chi connectivity index (χ3n) is 3.75. The molecule has 0 saturated carbocycles. The summed E-state index contributed by atoms with van der Waals surface area (Å²) in [7, 11) is 0. The third-order valence-corrected chi connectivity index (χ3v) is 4.79. The van der Waals surface area contributed by atoms with Crippen molar-refractivity contribution < 1.29 is 14.0 Å². The number of hydrogen-bond acceptors (Lipinski definition) is 4. The lowest BCUT2D eigenvalue weighted by Gasteiger charge is -2.07. The quantitative estimate of drug-likeness (QED) is 0.693. The predicted octanol–water partition coefficient (Wildman–Crippen LogP) is 3.78. The van der Waals surface area contributed by atoms with Crippen LogP contribution in [0.1, 0.15) is 23.4 Å². The van der Waals surface area contributed by atoms with Crippen molar-refractivity contribution in [3.63, 3.8) is 0 Å². The normalized spacial score (nSPS) is 10.7. The lowest BCUT2D eigenvalue weighted by Crippen LogP contribution is -2.24. The summed E-state index contributed by atoms with van der Waals surface area (Å²) >= 11 is 1.52. The first kappa shape index (κ1) is 18.0. The smallest absolute Gasteiger partial charge is 0.224 e. The van der Waals surface area contributed by atoms with Gasteiger partial charge in [0.2, 0.25) is 11.8 Å². The zero-order chi connectivity index (χ0) is 18.5. The summed E-state index contributed by atoms with van der Waals surface area (Å²) in [6.07, 6.45) is 0.0171. The molecule has 26 heavy (non-hydrogen) atoms. The number of thiazole rings is 1. The number of anilines is 1. The molecule has 2 N–H and O–H groups in total. The fourth-order valence-corrected chi connectivity index (χ4v) is 3.34. The van der Waals surface area contributed by atoms with Gasteiger partial charge >= 0.3 is 0 Å². The Balaban J connectivity index is 1.46. The van der Waals surface area contributed by atoms with Crippen molar-refractivity contribution >= 4 is 39.1 Å². The van der Waals surface area contributed by atoms with Gasteiger partial charge in [-0.1, -0.05) is 18.2 Å². The highest BCUT2D eigenvalue weighted by Gasteiger charge is 2.11. The maximum absolute atomic E-state index is 13.6. The number of nitrogens with zero attached hydrogens (tertiary/aromatic N) is 1. The number of carbonyl (C=O) groups is 2. The molecule has 2 amide bonds. The third kappa shape index (κ3) is 4.64. The van der Waals surface area contributed by atoms with Crippen LogP contribution in [0.2, 0.25) is 0 Å². The molecule has 1 heterocycles. The van der Waals surface area contributed by atoms with E-state index in [1.165, 1.54) is 17.4 Å². The number of hydrogen-bond donors (Lipinski definition) is 2. The summed E-state index contributed by atoms with van der Waals surface area (Å²) in [4.78, 5) is 28.3. The van der Waals surface area contributed by atoms with Crippen LogP contribution in [-0.2, 0) is 16.1 Å². The Bertz CT molecular complexity index is 922. The van der Waals surface area contributed by atoms with Gasteiger partial charge in [0.15, 0.2) is 0 Å². The van der Waals surface area contributed by atoms with Gasteiger partial charge in [-0.15, -0.1) is 11.3 Å². The van der Waals surface area contributed by atoms with Crippen molar-refractivity contribution in [3.8, 4) is 0 Å². The molecule has 7 heteroatoms. The van der Waals surface area contributed by atoms with E-state index in [4.69, 9.17) is 0 Å². The highest BCUT2D eigenvalue weighted by atomic mass is 32.1. The van der Waals surface area contributed by atoms with E-state index < -0.39 is 11.7 Å². The van der Waals surface area contributed by atoms with Crippen LogP contribution in [0.4, 0.5) is 10.1 Å². The molecular weight excluding hydrogens is 353 g/mol. The molecule has 0 spiro atoms. The van der Waals surface area contributed by atoms with Crippen LogP contribution in [0.5, 0.6) is 0 Å². The molecule has 0 aliphatic rings. The van der Waals surface area contributed by atoms with Gasteiger partial charge in [0.25, 0.3) is 0 Å². The first-order chi connectivity index (χ1) is 12.5. The average Bonchev–Trinajstić information content (AvgIpc) is 3.04. The maximum Gasteiger partial charge on any atom is 0.224 e. The number of rotatable bonds is 6. The fourth-order valence-electron chi connectivity index (χ4n) is 2.43. The Morgan fingerprint density at radius 2 is 1.88 bits per heavy atom. The number of benzene rings is 2. The molecule has 0 unspecified atom stereocenters. The lowest BCUT2D eigenvalue weighted by atomic mass is 10.2. The standard InChI is InChI=1S/C19H18FN3O2S/c1-12-6-7-13(20)15(10-12)22-18(25)9-8-17(24)21-11-19-23-14-4-2-3-5-16(14)26-19/h2-7,10H,8-9,11H2,1H3,(H,21,24)(H,22,25). The Morgan fingerprint density at radius 1 is 1.12 bits per heavy atom. The minimum Gasteiger partial charge on any atom is -0.350 e. The first-order valence-corrected chi connectivity index (χ1v) is 9.00. The van der Waals surface area contributed by atoms with E-state index in [0.717, 1.165) is 20.8 Å². The van der Waals surface area contributed by atoms with Crippen molar-refractivity contribution in [2.24, 2.45) is 0 Å². The summed E-state index contributed by atoms with van der Waals surface area (Å²) in [5, 5.41) is 6.06. The molecule has 2 aromatic carbocycles. The van der Waals surface area contributed by atoms with Crippen LogP contribution < -0.4 is 10.6 Å². The average molecular weight is 371 g/mol. The van der Waals surface area contributed by atoms with Gasteiger partial charge in [0.1, 0.15) is 10.8 Å². The SMILES string of the molecule is Cc1ccc(F)c(NC(=O)CCC(=O)NCc2nc3ccccc3s2)c1. The number of nitrogens with one attached hydrogen (secondary N) is 2. The van der Waals surface area contributed by atoms with Gasteiger partial charge in [-0.2, -0.15) is 0 Å². The van der Waals surface area contributed by atoms with Gasteiger partial charge < -0.3 is 10.6 Å². The number of aromatic nitrogens is 1. The van der Waals surface area contributed by atoms with E-state index in [-0.39, 0.29) is 24.4 Å². The summed E-state index contributed by atoms with van der Waals surface area (Å²) < 4.78 is 14.7. The van der Waals surface area contributed by atoms with E-state index in [1.54, 1.807) is 12.1 Å². The second kappa shape index (κ2) is 8.05. The Labute approximate surface area is 154 Å². The van der Waals surface area contributed by atoms with Gasteiger partial charge in [-0.25, -0.2) is 9.37 Å². The number of halogens is 1. The highest BCUT2D eigenvalue weighted by Crippen LogP contribution is 2.21. The van der Waals surface area contributed by atoms with Gasteiger partial charge in [-0.05, 0) is 36.8 Å². The molecule has 0 aliphatic carbocycles. The second-order valence-corrected chi connectivity index (χ2v) is 7.00. The van der Waals surface area contributed by atoms with Crippen LogP contribution in [-0.4, -0.2) is 16.8 Å². The van der Waals surface area contributed by atoms with Crippen molar-refractivity contribution in [1.82, 2.24) is 10.3 Å². The van der Waals surface area contributed by atoms with Crippen LogP contribution >= 0.6 is 11.3 Å². The van der Waals surface area contributed by atoms with Gasteiger partial charge in [0.05, 0.1) is 22.4 Å². The summed E-state index contributed by atoms with van der Waals surface area (Å²) in [5.74, 6) is -1.14. The number of para-hydroxylation sites is 1. The van der Waals surface area contributed by atoms with Crippen molar-refractivity contribution in [2.75, 3.05) is 5.32 Å². The number of amides is 2. The monoisotopic (exact) mass is 371 g/mol. The zero-order valence-corrected chi connectivity index (χ0v) is 15.0. The van der Waals surface area contributed by atoms with Crippen LogP contribution in [0.15, 0.2) is 42.5 Å². The maximum atomic E-state index is 13.6. The molecule has 0 saturated heterocycles. The Kier molecular flexibility index (Phi) is 5.58. The number of fused-ring (bicyclic) bond motifs is 1. The van der Waals surface area contributed by atoms with E-state index >= 15 is 0 Å². The molecule has 0 radical (unpaired) electrons. The molecule has 0 bridgehead atoms. The molecule has 3 aromatic rings. The van der Waals surface area contributed by atoms with E-state index in [2.05, 4.69) is 15.6 Å². The topological polar surface area (TPSA) is 71.1 Å². The lowest BCUT2D eigenvalue weighted by molar-refractivity contribution is -0.124. The van der Waals surface area contributed by atoms with Crippen LogP contribution in [0, 0.1) is 12.7 Å². The molecule has 3 rings (SSSR count). The van der Waals surface area contributed by atoms with E-state index in [9.17, 15) is 14.0 Å². The van der Waals surface area contributed by atoms with Crippen molar-refractivity contribution in [3.05, 3.63) is 58.9 Å². The summed E-state index contributed by atoms with van der Waals surface area (Å²) in [5.41, 5.74) is 1.88. The van der Waals surface area contributed by atoms with Crippen molar-refractivity contribution in [2.45, 2.75) is 26.3 Å². The predicted molar refractivity (Wildman–Crippen MR) is 100 cm³/mol. The fraction of sp³-hybridized carbons (Fsp3) is 0.211. The molecule has 0 aliphatic heterocycles.